The fourth-order valence-corrected chi connectivity index (χ4v) is 4.49. The molecule has 2 aromatic carbocycles. The standard InChI is InChI=1S/C23H25N7OS/c1-13-9-8-10-14(2)18(13)30-20(31)16-11-6-7-12-17(16)25-23(30)32-15(3)19-26-21(24)28-22(27-19)29(4)5/h6-12,15H,1-5H3,(H2,24,26,27,28)/t15-/m1/s1. The van der Waals surface area contributed by atoms with Crippen LogP contribution in [0, 0.1) is 13.8 Å². The number of anilines is 2. The fourth-order valence-electron chi connectivity index (χ4n) is 3.54. The third-order valence-corrected chi connectivity index (χ3v) is 6.16. The molecule has 2 aromatic heterocycles. The van der Waals surface area contributed by atoms with Crippen LogP contribution in [0.1, 0.15) is 29.1 Å². The van der Waals surface area contributed by atoms with Gasteiger partial charge in [0.2, 0.25) is 11.9 Å². The minimum Gasteiger partial charge on any atom is -0.368 e. The molecule has 0 spiro atoms. The maximum atomic E-state index is 13.6. The Kier molecular flexibility index (Phi) is 5.84. The van der Waals surface area contributed by atoms with Gasteiger partial charge in [0.05, 0.1) is 21.8 Å². The number of para-hydroxylation sites is 2. The van der Waals surface area contributed by atoms with E-state index in [0.717, 1.165) is 16.8 Å². The molecule has 32 heavy (non-hydrogen) atoms. The molecule has 0 aliphatic heterocycles. The second-order valence-corrected chi connectivity index (χ2v) is 9.11. The number of nitrogens with two attached hydrogens (primary N) is 1. The van der Waals surface area contributed by atoms with Gasteiger partial charge in [-0.25, -0.2) is 4.98 Å². The van der Waals surface area contributed by atoms with Gasteiger partial charge in [0, 0.05) is 14.1 Å². The van der Waals surface area contributed by atoms with Gasteiger partial charge in [0.1, 0.15) is 5.82 Å². The van der Waals surface area contributed by atoms with E-state index in [9.17, 15) is 4.79 Å². The van der Waals surface area contributed by atoms with Gasteiger partial charge < -0.3 is 10.6 Å². The van der Waals surface area contributed by atoms with Crippen molar-refractivity contribution in [3.63, 3.8) is 0 Å². The molecular formula is C23H25N7OS. The summed E-state index contributed by atoms with van der Waals surface area (Å²) in [5.41, 5.74) is 9.30. The van der Waals surface area contributed by atoms with Crippen LogP contribution in [-0.2, 0) is 0 Å². The summed E-state index contributed by atoms with van der Waals surface area (Å²) in [7, 11) is 3.69. The normalized spacial score (nSPS) is 12.2. The Morgan fingerprint density at radius 2 is 1.66 bits per heavy atom. The average molecular weight is 448 g/mol. The molecule has 4 rings (SSSR count). The summed E-state index contributed by atoms with van der Waals surface area (Å²) in [6.07, 6.45) is 0. The van der Waals surface area contributed by atoms with E-state index < -0.39 is 0 Å². The molecule has 2 N–H and O–H groups in total. The van der Waals surface area contributed by atoms with E-state index in [0.29, 0.717) is 27.8 Å². The molecular weight excluding hydrogens is 422 g/mol. The third kappa shape index (κ3) is 4.03. The molecule has 0 saturated heterocycles. The van der Waals surface area contributed by atoms with Crippen molar-refractivity contribution in [2.45, 2.75) is 31.2 Å². The predicted octanol–water partition coefficient (Wildman–Crippen LogP) is 3.69. The second-order valence-electron chi connectivity index (χ2n) is 7.80. The summed E-state index contributed by atoms with van der Waals surface area (Å²) >= 11 is 1.42. The molecule has 4 aromatic rings. The minimum absolute atomic E-state index is 0.105. The number of aromatic nitrogens is 5. The quantitative estimate of drug-likeness (QED) is 0.365. The number of fused-ring (bicyclic) bond motifs is 1. The Morgan fingerprint density at radius 1 is 0.969 bits per heavy atom. The molecule has 0 fully saturated rings. The smallest absolute Gasteiger partial charge is 0.266 e. The van der Waals surface area contributed by atoms with E-state index in [1.54, 1.807) is 9.47 Å². The molecule has 0 aliphatic carbocycles. The summed E-state index contributed by atoms with van der Waals surface area (Å²) in [6.45, 7) is 5.96. The van der Waals surface area contributed by atoms with Gasteiger partial charge >= 0.3 is 0 Å². The van der Waals surface area contributed by atoms with Gasteiger partial charge in [-0.1, -0.05) is 42.1 Å². The van der Waals surface area contributed by atoms with Gasteiger partial charge in [0.15, 0.2) is 5.16 Å². The number of hydrogen-bond donors (Lipinski definition) is 1. The monoisotopic (exact) mass is 447 g/mol. The van der Waals surface area contributed by atoms with Crippen molar-refractivity contribution in [1.82, 2.24) is 24.5 Å². The first-order chi connectivity index (χ1) is 15.3. The second kappa shape index (κ2) is 8.58. The molecule has 0 unspecified atom stereocenters. The maximum Gasteiger partial charge on any atom is 0.266 e. The fraction of sp³-hybridized carbons (Fsp3) is 0.261. The molecule has 2 heterocycles. The van der Waals surface area contributed by atoms with Crippen molar-refractivity contribution in [1.29, 1.82) is 0 Å². The summed E-state index contributed by atoms with van der Waals surface area (Å²) in [5.74, 6) is 1.17. The Morgan fingerprint density at radius 3 is 2.34 bits per heavy atom. The van der Waals surface area contributed by atoms with E-state index >= 15 is 0 Å². The van der Waals surface area contributed by atoms with Crippen LogP contribution in [0.25, 0.3) is 16.6 Å². The van der Waals surface area contributed by atoms with E-state index in [1.807, 2.05) is 77.3 Å². The molecule has 0 saturated carbocycles. The lowest BCUT2D eigenvalue weighted by molar-refractivity contribution is 0.797. The van der Waals surface area contributed by atoms with E-state index in [4.69, 9.17) is 10.7 Å². The molecule has 9 heteroatoms. The summed E-state index contributed by atoms with van der Waals surface area (Å²) in [5, 5.41) is 0.929. The van der Waals surface area contributed by atoms with Gasteiger partial charge in [-0.05, 0) is 44.0 Å². The lowest BCUT2D eigenvalue weighted by Gasteiger charge is -2.19. The van der Waals surface area contributed by atoms with Crippen LogP contribution in [0.4, 0.5) is 11.9 Å². The van der Waals surface area contributed by atoms with Crippen molar-refractivity contribution in [3.8, 4) is 5.69 Å². The number of rotatable bonds is 5. The molecule has 8 nitrogen and oxygen atoms in total. The Hall–Kier alpha value is -3.46. The number of aryl methyl sites for hydroxylation is 2. The van der Waals surface area contributed by atoms with Crippen molar-refractivity contribution in [2.75, 3.05) is 24.7 Å². The van der Waals surface area contributed by atoms with Crippen LogP contribution in [-0.4, -0.2) is 38.6 Å². The van der Waals surface area contributed by atoms with Crippen molar-refractivity contribution >= 4 is 34.6 Å². The predicted molar refractivity (Wildman–Crippen MR) is 130 cm³/mol. The number of thioether (sulfide) groups is 1. The van der Waals surface area contributed by atoms with Crippen LogP contribution in [0.5, 0.6) is 0 Å². The maximum absolute atomic E-state index is 13.6. The SMILES string of the molecule is Cc1cccc(C)c1-n1c(S[C@H](C)c2nc(N)nc(N(C)C)n2)nc2ccccc2c1=O. The lowest BCUT2D eigenvalue weighted by atomic mass is 10.1. The molecule has 0 amide bonds. The molecule has 0 aliphatic rings. The number of nitrogen functional groups attached to an aromatic ring is 1. The van der Waals surface area contributed by atoms with Crippen LogP contribution in [0.3, 0.4) is 0 Å². The third-order valence-electron chi connectivity index (χ3n) is 5.11. The molecule has 0 radical (unpaired) electrons. The molecule has 1 atom stereocenters. The van der Waals surface area contributed by atoms with Gasteiger partial charge in [-0.2, -0.15) is 15.0 Å². The highest BCUT2D eigenvalue weighted by atomic mass is 32.2. The molecule has 164 valence electrons. The topological polar surface area (TPSA) is 103 Å². The Balaban J connectivity index is 1.90. The van der Waals surface area contributed by atoms with E-state index in [1.165, 1.54) is 11.8 Å². The van der Waals surface area contributed by atoms with Gasteiger partial charge in [-0.15, -0.1) is 0 Å². The average Bonchev–Trinajstić information content (AvgIpc) is 2.75. The van der Waals surface area contributed by atoms with E-state index in [-0.39, 0.29) is 16.8 Å². The van der Waals surface area contributed by atoms with Crippen molar-refractivity contribution in [3.05, 3.63) is 69.8 Å². The van der Waals surface area contributed by atoms with Crippen molar-refractivity contribution < 1.29 is 0 Å². The summed E-state index contributed by atoms with van der Waals surface area (Å²) in [4.78, 5) is 33.3. The van der Waals surface area contributed by atoms with Crippen LogP contribution in [0.2, 0.25) is 0 Å². The number of benzene rings is 2. The highest BCUT2D eigenvalue weighted by molar-refractivity contribution is 7.99. The first-order valence-electron chi connectivity index (χ1n) is 10.2. The first kappa shape index (κ1) is 21.8. The van der Waals surface area contributed by atoms with Crippen molar-refractivity contribution in [2.24, 2.45) is 0 Å². The minimum atomic E-state index is -0.220. The summed E-state index contributed by atoms with van der Waals surface area (Å²) in [6, 6.07) is 13.4. The Labute approximate surface area is 190 Å². The van der Waals surface area contributed by atoms with Crippen LogP contribution < -0.4 is 16.2 Å². The number of hydrogen-bond acceptors (Lipinski definition) is 8. The van der Waals surface area contributed by atoms with Crippen LogP contribution in [0.15, 0.2) is 52.4 Å². The zero-order valence-electron chi connectivity index (χ0n) is 18.7. The van der Waals surface area contributed by atoms with E-state index in [2.05, 4.69) is 15.0 Å². The molecule has 0 bridgehead atoms. The highest BCUT2D eigenvalue weighted by Gasteiger charge is 2.21. The van der Waals surface area contributed by atoms with Crippen LogP contribution >= 0.6 is 11.8 Å². The van der Waals surface area contributed by atoms with Gasteiger partial charge in [-0.3, -0.25) is 9.36 Å². The zero-order chi connectivity index (χ0) is 23.0. The Bertz CT molecular complexity index is 1350. The highest BCUT2D eigenvalue weighted by Crippen LogP contribution is 2.34. The largest absolute Gasteiger partial charge is 0.368 e. The first-order valence-corrected chi connectivity index (χ1v) is 11.1. The zero-order valence-corrected chi connectivity index (χ0v) is 19.5. The lowest BCUT2D eigenvalue weighted by Crippen LogP contribution is -2.23. The number of nitrogens with zero attached hydrogens (tertiary/aromatic N) is 6. The summed E-state index contributed by atoms with van der Waals surface area (Å²) < 4.78 is 1.70. The van der Waals surface area contributed by atoms with Gasteiger partial charge in [0.25, 0.3) is 5.56 Å².